The van der Waals surface area contributed by atoms with Crippen LogP contribution in [0.1, 0.15) is 36.6 Å². The summed E-state index contributed by atoms with van der Waals surface area (Å²) in [5.74, 6) is 1.49. The Labute approximate surface area is 188 Å². The molecule has 0 saturated heterocycles. The minimum Gasteiger partial charge on any atom is -0.493 e. The van der Waals surface area contributed by atoms with Gasteiger partial charge in [0.15, 0.2) is 23.0 Å². The molecule has 8 heteroatoms. The Balaban J connectivity index is 2.08. The molecule has 1 aliphatic heterocycles. The Bertz CT molecular complexity index is 1020. The molecule has 0 radical (unpaired) electrons. The number of hydrogen-bond acceptors (Lipinski definition) is 7. The normalized spacial score (nSPS) is 15.5. The summed E-state index contributed by atoms with van der Waals surface area (Å²) in [6, 6.07) is 7.48. The second-order valence-corrected chi connectivity index (χ2v) is 7.79. The van der Waals surface area contributed by atoms with Gasteiger partial charge in [0.25, 0.3) is 0 Å². The fourth-order valence-electron chi connectivity index (χ4n) is 4.10. The summed E-state index contributed by atoms with van der Waals surface area (Å²) in [6.07, 6.45) is 1.45. The van der Waals surface area contributed by atoms with Crippen LogP contribution in [0.25, 0.3) is 0 Å². The molecule has 1 atom stereocenters. The zero-order valence-corrected chi connectivity index (χ0v) is 19.4. The van der Waals surface area contributed by atoms with Gasteiger partial charge >= 0.3 is 5.97 Å². The molecule has 8 nitrogen and oxygen atoms in total. The van der Waals surface area contributed by atoms with Gasteiger partial charge in [-0.25, -0.2) is 0 Å². The first-order valence-electron chi connectivity index (χ1n) is 10.4. The molecule has 0 bridgehead atoms. The van der Waals surface area contributed by atoms with Crippen LogP contribution in [0, 0.1) is 0 Å². The average Bonchev–Trinajstić information content (AvgIpc) is 2.75. The summed E-state index contributed by atoms with van der Waals surface area (Å²) in [7, 11) is 6.76. The zero-order valence-electron chi connectivity index (χ0n) is 19.4. The minimum atomic E-state index is -0.406. The van der Waals surface area contributed by atoms with Gasteiger partial charge in [0.1, 0.15) is 0 Å². The molecule has 32 heavy (non-hydrogen) atoms. The van der Waals surface area contributed by atoms with Crippen molar-refractivity contribution in [2.24, 2.45) is 0 Å². The highest BCUT2D eigenvalue weighted by Gasteiger charge is 2.29. The lowest BCUT2D eigenvalue weighted by molar-refractivity contribution is -0.132. The molecule has 172 valence electrons. The van der Waals surface area contributed by atoms with E-state index in [4.69, 9.17) is 18.9 Å². The summed E-state index contributed by atoms with van der Waals surface area (Å²) < 4.78 is 21.7. The third kappa shape index (κ3) is 4.96. The molecule has 1 N–H and O–H groups in total. The number of anilines is 1. The number of ether oxygens (including phenoxy) is 4. The van der Waals surface area contributed by atoms with Crippen molar-refractivity contribution in [3.63, 3.8) is 0 Å². The van der Waals surface area contributed by atoms with Crippen LogP contribution in [0.4, 0.5) is 5.69 Å². The number of esters is 1. The van der Waals surface area contributed by atoms with Gasteiger partial charge in [0.2, 0.25) is 5.91 Å². The van der Waals surface area contributed by atoms with Crippen molar-refractivity contribution < 1.29 is 28.5 Å². The van der Waals surface area contributed by atoms with Crippen molar-refractivity contribution in [2.45, 2.75) is 32.7 Å². The number of amides is 1. The molecule has 2 aromatic carbocycles. The van der Waals surface area contributed by atoms with Crippen LogP contribution < -0.4 is 24.3 Å². The Kier molecular flexibility index (Phi) is 7.25. The monoisotopic (exact) mass is 442 g/mol. The van der Waals surface area contributed by atoms with Gasteiger partial charge in [0.05, 0.1) is 21.3 Å². The Morgan fingerprint density at radius 2 is 1.59 bits per heavy atom. The van der Waals surface area contributed by atoms with E-state index in [1.54, 1.807) is 27.4 Å². The van der Waals surface area contributed by atoms with E-state index in [9.17, 15) is 9.59 Å². The SMILES string of the molecule is COc1cc(CC2c3cc(OC(C)=O)c(OC)cc3CCN2C)c(NC(C)=O)cc1OC. The number of methoxy groups -OCH3 is 3. The summed E-state index contributed by atoms with van der Waals surface area (Å²) in [5.41, 5.74) is 3.78. The number of rotatable bonds is 7. The van der Waals surface area contributed by atoms with Gasteiger partial charge in [-0.1, -0.05) is 0 Å². The van der Waals surface area contributed by atoms with E-state index in [1.807, 2.05) is 18.2 Å². The summed E-state index contributed by atoms with van der Waals surface area (Å²) in [4.78, 5) is 25.7. The molecular weight excluding hydrogens is 412 g/mol. The predicted molar refractivity (Wildman–Crippen MR) is 121 cm³/mol. The van der Waals surface area contributed by atoms with Crippen LogP contribution >= 0.6 is 0 Å². The molecule has 1 unspecified atom stereocenters. The van der Waals surface area contributed by atoms with Crippen molar-refractivity contribution >= 4 is 17.6 Å². The van der Waals surface area contributed by atoms with Gasteiger partial charge in [0, 0.05) is 38.2 Å². The molecule has 0 saturated carbocycles. The number of carbonyl (C=O) groups is 2. The van der Waals surface area contributed by atoms with E-state index in [1.165, 1.54) is 13.8 Å². The Hall–Kier alpha value is -3.26. The first kappa shape index (κ1) is 23.4. The number of nitrogens with zero attached hydrogens (tertiary/aromatic N) is 1. The summed E-state index contributed by atoms with van der Waals surface area (Å²) >= 11 is 0. The van der Waals surface area contributed by atoms with Crippen molar-refractivity contribution in [3.05, 3.63) is 41.0 Å². The molecule has 0 spiro atoms. The first-order chi connectivity index (χ1) is 15.3. The number of nitrogens with one attached hydrogen (secondary N) is 1. The van der Waals surface area contributed by atoms with Gasteiger partial charge in [-0.15, -0.1) is 0 Å². The molecule has 1 amide bonds. The second-order valence-electron chi connectivity index (χ2n) is 7.79. The fraction of sp³-hybridized carbons (Fsp3) is 0.417. The molecule has 1 aliphatic rings. The molecule has 0 aromatic heterocycles. The second kappa shape index (κ2) is 9.91. The summed E-state index contributed by atoms with van der Waals surface area (Å²) in [6.45, 7) is 3.70. The number of carbonyl (C=O) groups excluding carboxylic acids is 2. The molecular formula is C24H30N2O6. The van der Waals surface area contributed by atoms with Crippen LogP contribution in [0.3, 0.4) is 0 Å². The lowest BCUT2D eigenvalue weighted by atomic mass is 9.88. The lowest BCUT2D eigenvalue weighted by Gasteiger charge is -2.35. The van der Waals surface area contributed by atoms with E-state index in [0.29, 0.717) is 35.1 Å². The first-order valence-corrected chi connectivity index (χ1v) is 10.4. The van der Waals surface area contributed by atoms with E-state index < -0.39 is 5.97 Å². The Morgan fingerprint density at radius 1 is 0.969 bits per heavy atom. The Morgan fingerprint density at radius 3 is 2.19 bits per heavy atom. The highest BCUT2D eigenvalue weighted by molar-refractivity contribution is 5.90. The smallest absolute Gasteiger partial charge is 0.308 e. The number of fused-ring (bicyclic) bond motifs is 1. The lowest BCUT2D eigenvalue weighted by Crippen LogP contribution is -2.33. The molecule has 3 rings (SSSR count). The zero-order chi connectivity index (χ0) is 23.4. The van der Waals surface area contributed by atoms with Gasteiger partial charge < -0.3 is 24.3 Å². The van der Waals surface area contributed by atoms with E-state index in [0.717, 1.165) is 29.7 Å². The molecule has 0 aliphatic carbocycles. The van der Waals surface area contributed by atoms with Crippen molar-refractivity contribution in [1.82, 2.24) is 4.90 Å². The third-order valence-electron chi connectivity index (χ3n) is 5.64. The van der Waals surface area contributed by atoms with Crippen LogP contribution in [-0.2, 0) is 22.4 Å². The predicted octanol–water partition coefficient (Wildman–Crippen LogP) is 3.37. The van der Waals surface area contributed by atoms with Crippen LogP contribution in [0.5, 0.6) is 23.0 Å². The van der Waals surface area contributed by atoms with E-state index in [2.05, 4.69) is 17.3 Å². The standard InChI is InChI=1S/C24H30N2O6/c1-14(27)25-19-13-23(31-6)21(29-4)11-17(19)9-20-18-12-24(32-15(2)28)22(30-5)10-16(18)7-8-26(20)3/h10-13,20H,7-9H2,1-6H3,(H,25,27). The number of hydrogen-bond donors (Lipinski definition) is 1. The van der Waals surface area contributed by atoms with E-state index in [-0.39, 0.29) is 11.9 Å². The molecule has 0 fully saturated rings. The maximum Gasteiger partial charge on any atom is 0.308 e. The van der Waals surface area contributed by atoms with Crippen LogP contribution in [0.2, 0.25) is 0 Å². The molecule has 1 heterocycles. The van der Waals surface area contributed by atoms with Crippen LogP contribution in [0.15, 0.2) is 24.3 Å². The van der Waals surface area contributed by atoms with Gasteiger partial charge in [-0.2, -0.15) is 0 Å². The highest BCUT2D eigenvalue weighted by atomic mass is 16.6. The van der Waals surface area contributed by atoms with Crippen molar-refractivity contribution in [3.8, 4) is 23.0 Å². The average molecular weight is 443 g/mol. The van der Waals surface area contributed by atoms with Gasteiger partial charge in [-0.3, -0.25) is 14.5 Å². The maximum atomic E-state index is 11.8. The largest absolute Gasteiger partial charge is 0.493 e. The number of likely N-dealkylation sites (N-methyl/N-ethyl adjacent to an activating group) is 1. The van der Waals surface area contributed by atoms with Gasteiger partial charge in [-0.05, 0) is 54.8 Å². The van der Waals surface area contributed by atoms with Crippen LogP contribution in [-0.4, -0.2) is 51.7 Å². The highest BCUT2D eigenvalue weighted by Crippen LogP contribution is 2.41. The molecule has 2 aromatic rings. The topological polar surface area (TPSA) is 86.3 Å². The third-order valence-corrected chi connectivity index (χ3v) is 5.64. The quantitative estimate of drug-likeness (QED) is 0.520. The summed E-state index contributed by atoms with van der Waals surface area (Å²) in [5, 5.41) is 2.90. The van der Waals surface area contributed by atoms with E-state index >= 15 is 0 Å². The fourth-order valence-corrected chi connectivity index (χ4v) is 4.10. The maximum absolute atomic E-state index is 11.8. The van der Waals surface area contributed by atoms with Crippen molar-refractivity contribution in [2.75, 3.05) is 40.2 Å². The van der Waals surface area contributed by atoms with Crippen molar-refractivity contribution in [1.29, 1.82) is 0 Å². The minimum absolute atomic E-state index is 0.00965. The number of benzene rings is 2.